The average molecular weight is 321 g/mol. The summed E-state index contributed by atoms with van der Waals surface area (Å²) < 4.78 is 5.90. The van der Waals surface area contributed by atoms with Gasteiger partial charge in [-0.2, -0.15) is 0 Å². The third kappa shape index (κ3) is 3.23. The Hall–Kier alpha value is -2.88. The number of carboxylic acid groups (broad SMARTS) is 1. The number of fused-ring (bicyclic) bond motifs is 1. The first-order valence-corrected chi connectivity index (χ1v) is 7.86. The molecule has 122 valence electrons. The molecule has 0 radical (unpaired) electrons. The summed E-state index contributed by atoms with van der Waals surface area (Å²) in [4.78, 5) is 15.6. The van der Waals surface area contributed by atoms with Gasteiger partial charge in [-0.05, 0) is 54.8 Å². The lowest BCUT2D eigenvalue weighted by molar-refractivity contribution is 0.0697. The Labute approximate surface area is 140 Å². The van der Waals surface area contributed by atoms with Gasteiger partial charge in [0.25, 0.3) is 0 Å². The van der Waals surface area contributed by atoms with Crippen LogP contribution in [-0.4, -0.2) is 16.1 Å². The van der Waals surface area contributed by atoms with Crippen molar-refractivity contribution in [1.82, 2.24) is 4.98 Å². The summed E-state index contributed by atoms with van der Waals surface area (Å²) in [5, 5.41) is 9.87. The largest absolute Gasteiger partial charge is 0.478 e. The van der Waals surface area contributed by atoms with Gasteiger partial charge in [0.1, 0.15) is 5.75 Å². The fourth-order valence-corrected chi connectivity index (χ4v) is 2.53. The van der Waals surface area contributed by atoms with Crippen molar-refractivity contribution in [2.45, 2.75) is 26.7 Å². The lowest BCUT2D eigenvalue weighted by Crippen LogP contribution is -1.97. The van der Waals surface area contributed by atoms with Gasteiger partial charge in [0.2, 0.25) is 5.88 Å². The molecule has 24 heavy (non-hydrogen) atoms. The SMILES string of the molecule is Cc1cc2cc(C(=O)O)ccc2nc1Oc1ccc(C(C)C)cc1. The van der Waals surface area contributed by atoms with E-state index >= 15 is 0 Å². The summed E-state index contributed by atoms with van der Waals surface area (Å²) in [6.45, 7) is 6.20. The zero-order chi connectivity index (χ0) is 17.3. The maximum atomic E-state index is 11.1. The number of pyridine rings is 1. The molecule has 4 heteroatoms. The number of hydrogen-bond donors (Lipinski definition) is 1. The van der Waals surface area contributed by atoms with E-state index in [-0.39, 0.29) is 5.56 Å². The number of ether oxygens (including phenoxy) is 1. The molecule has 1 heterocycles. The van der Waals surface area contributed by atoms with E-state index in [1.165, 1.54) is 5.56 Å². The van der Waals surface area contributed by atoms with Crippen LogP contribution in [0, 0.1) is 6.92 Å². The topological polar surface area (TPSA) is 59.4 Å². The van der Waals surface area contributed by atoms with Crippen LogP contribution in [0.5, 0.6) is 11.6 Å². The zero-order valence-electron chi connectivity index (χ0n) is 13.9. The second-order valence-electron chi connectivity index (χ2n) is 6.15. The number of hydrogen-bond acceptors (Lipinski definition) is 3. The molecular formula is C20H19NO3. The minimum atomic E-state index is -0.944. The Kier molecular flexibility index (Phi) is 4.21. The van der Waals surface area contributed by atoms with E-state index in [9.17, 15) is 4.79 Å². The number of aromatic nitrogens is 1. The van der Waals surface area contributed by atoms with Gasteiger partial charge in [-0.1, -0.05) is 26.0 Å². The number of rotatable bonds is 4. The standard InChI is InChI=1S/C20H19NO3/c1-12(2)14-4-7-17(8-5-14)24-19-13(3)10-16-11-15(20(22)23)6-9-18(16)21-19/h4-12H,1-3H3,(H,22,23). The Morgan fingerprint density at radius 2 is 1.79 bits per heavy atom. The Balaban J connectivity index is 1.93. The average Bonchev–Trinajstić information content (AvgIpc) is 2.55. The first-order chi connectivity index (χ1) is 11.4. The third-order valence-corrected chi connectivity index (χ3v) is 3.97. The van der Waals surface area contributed by atoms with E-state index in [0.29, 0.717) is 17.3 Å². The van der Waals surface area contributed by atoms with Gasteiger partial charge < -0.3 is 9.84 Å². The highest BCUT2D eigenvalue weighted by Crippen LogP contribution is 2.28. The van der Waals surface area contributed by atoms with Crippen LogP contribution in [-0.2, 0) is 0 Å². The van der Waals surface area contributed by atoms with Gasteiger partial charge in [0.15, 0.2) is 0 Å². The number of carbonyl (C=O) groups is 1. The van der Waals surface area contributed by atoms with Crippen molar-refractivity contribution in [3.63, 3.8) is 0 Å². The molecule has 0 unspecified atom stereocenters. The fourth-order valence-electron chi connectivity index (χ4n) is 2.53. The Morgan fingerprint density at radius 1 is 1.08 bits per heavy atom. The monoisotopic (exact) mass is 321 g/mol. The van der Waals surface area contributed by atoms with Crippen molar-refractivity contribution < 1.29 is 14.6 Å². The molecule has 0 fully saturated rings. The lowest BCUT2D eigenvalue weighted by atomic mass is 10.0. The van der Waals surface area contributed by atoms with Crippen LogP contribution in [0.1, 0.15) is 41.3 Å². The van der Waals surface area contributed by atoms with E-state index < -0.39 is 5.97 Å². The molecular weight excluding hydrogens is 302 g/mol. The molecule has 0 aliphatic heterocycles. The van der Waals surface area contributed by atoms with Crippen molar-refractivity contribution in [3.05, 3.63) is 65.2 Å². The van der Waals surface area contributed by atoms with Crippen LogP contribution < -0.4 is 4.74 Å². The summed E-state index contributed by atoms with van der Waals surface area (Å²) in [5.41, 5.74) is 3.07. The van der Waals surface area contributed by atoms with Crippen LogP contribution in [0.15, 0.2) is 48.5 Å². The molecule has 4 nitrogen and oxygen atoms in total. The quantitative estimate of drug-likeness (QED) is 0.721. The number of benzene rings is 2. The molecule has 1 aromatic heterocycles. The predicted octanol–water partition coefficient (Wildman–Crippen LogP) is 5.16. The third-order valence-electron chi connectivity index (χ3n) is 3.97. The van der Waals surface area contributed by atoms with Crippen LogP contribution in [0.2, 0.25) is 0 Å². The molecule has 0 spiro atoms. The van der Waals surface area contributed by atoms with Crippen molar-refractivity contribution in [2.24, 2.45) is 0 Å². The van der Waals surface area contributed by atoms with Gasteiger partial charge in [0.05, 0.1) is 11.1 Å². The normalized spacial score (nSPS) is 11.0. The van der Waals surface area contributed by atoms with Crippen molar-refractivity contribution in [3.8, 4) is 11.6 Å². The molecule has 0 bridgehead atoms. The first-order valence-electron chi connectivity index (χ1n) is 7.86. The number of nitrogens with zero attached hydrogens (tertiary/aromatic N) is 1. The predicted molar refractivity (Wildman–Crippen MR) is 94.0 cm³/mol. The van der Waals surface area contributed by atoms with Crippen molar-refractivity contribution in [2.75, 3.05) is 0 Å². The highest BCUT2D eigenvalue weighted by atomic mass is 16.5. The van der Waals surface area contributed by atoms with Gasteiger partial charge in [-0.15, -0.1) is 0 Å². The summed E-state index contributed by atoms with van der Waals surface area (Å²) in [7, 11) is 0. The summed E-state index contributed by atoms with van der Waals surface area (Å²) in [6, 6.07) is 14.8. The fraction of sp³-hybridized carbons (Fsp3) is 0.200. The van der Waals surface area contributed by atoms with Crippen molar-refractivity contribution in [1.29, 1.82) is 0 Å². The Morgan fingerprint density at radius 3 is 2.42 bits per heavy atom. The maximum Gasteiger partial charge on any atom is 0.335 e. The smallest absolute Gasteiger partial charge is 0.335 e. The molecule has 0 amide bonds. The molecule has 0 saturated heterocycles. The van der Waals surface area contributed by atoms with E-state index in [0.717, 1.165) is 16.7 Å². The molecule has 0 atom stereocenters. The van der Waals surface area contributed by atoms with E-state index in [1.807, 2.05) is 25.1 Å². The van der Waals surface area contributed by atoms with Crippen molar-refractivity contribution >= 4 is 16.9 Å². The highest BCUT2D eigenvalue weighted by Gasteiger charge is 2.09. The number of carboxylic acids is 1. The Bertz CT molecular complexity index is 899. The maximum absolute atomic E-state index is 11.1. The minimum absolute atomic E-state index is 0.252. The second kappa shape index (κ2) is 6.32. The zero-order valence-corrected chi connectivity index (χ0v) is 13.9. The van der Waals surface area contributed by atoms with Gasteiger partial charge >= 0.3 is 5.97 Å². The van der Waals surface area contributed by atoms with E-state index in [2.05, 4.69) is 31.0 Å². The molecule has 3 aromatic rings. The van der Waals surface area contributed by atoms with E-state index in [4.69, 9.17) is 9.84 Å². The first kappa shape index (κ1) is 16.0. The van der Waals surface area contributed by atoms with Crippen LogP contribution in [0.3, 0.4) is 0 Å². The number of aromatic carboxylic acids is 1. The second-order valence-corrected chi connectivity index (χ2v) is 6.15. The highest BCUT2D eigenvalue weighted by molar-refractivity contribution is 5.93. The molecule has 2 aromatic carbocycles. The minimum Gasteiger partial charge on any atom is -0.478 e. The molecule has 1 N–H and O–H groups in total. The van der Waals surface area contributed by atoms with Gasteiger partial charge in [-0.25, -0.2) is 9.78 Å². The molecule has 0 aliphatic rings. The molecule has 3 rings (SSSR count). The lowest BCUT2D eigenvalue weighted by Gasteiger charge is -2.11. The van der Waals surface area contributed by atoms with Gasteiger partial charge in [-0.3, -0.25) is 0 Å². The summed E-state index contributed by atoms with van der Waals surface area (Å²) in [6.07, 6.45) is 0. The molecule has 0 saturated carbocycles. The summed E-state index contributed by atoms with van der Waals surface area (Å²) >= 11 is 0. The van der Waals surface area contributed by atoms with Crippen LogP contribution in [0.25, 0.3) is 10.9 Å². The summed E-state index contributed by atoms with van der Waals surface area (Å²) in [5.74, 6) is 0.794. The van der Waals surface area contributed by atoms with Crippen LogP contribution in [0.4, 0.5) is 0 Å². The van der Waals surface area contributed by atoms with E-state index in [1.54, 1.807) is 18.2 Å². The number of aryl methyl sites for hydroxylation is 1. The van der Waals surface area contributed by atoms with Crippen LogP contribution >= 0.6 is 0 Å². The molecule has 0 aliphatic carbocycles. The van der Waals surface area contributed by atoms with Gasteiger partial charge in [0, 0.05) is 10.9 Å².